The lowest BCUT2D eigenvalue weighted by Gasteiger charge is -2.06. The predicted octanol–water partition coefficient (Wildman–Crippen LogP) is 2.08. The van der Waals surface area contributed by atoms with Gasteiger partial charge in [0.05, 0.1) is 6.54 Å². The molecule has 2 rings (SSSR count). The molecule has 0 saturated heterocycles. The number of hydrogen-bond donors (Lipinski definition) is 2. The lowest BCUT2D eigenvalue weighted by Crippen LogP contribution is -2.17. The van der Waals surface area contributed by atoms with E-state index in [-0.39, 0.29) is 16.6 Å². The predicted molar refractivity (Wildman–Crippen MR) is 74.9 cm³/mol. The van der Waals surface area contributed by atoms with E-state index in [0.717, 1.165) is 23.5 Å². The maximum Gasteiger partial charge on any atom is 0.435 e. The lowest BCUT2D eigenvalue weighted by atomic mass is 10.3. The minimum atomic E-state index is -4.53. The van der Waals surface area contributed by atoms with Gasteiger partial charge in [-0.1, -0.05) is 0 Å². The number of hydrogen-bond acceptors (Lipinski definition) is 6. The van der Waals surface area contributed by atoms with Crippen LogP contribution in [0.15, 0.2) is 28.5 Å². The topological polar surface area (TPSA) is 84.0 Å². The van der Waals surface area contributed by atoms with E-state index in [2.05, 4.69) is 20.2 Å². The van der Waals surface area contributed by atoms with Crippen LogP contribution < -0.4 is 10.0 Å². The van der Waals surface area contributed by atoms with Gasteiger partial charge in [-0.25, -0.2) is 13.1 Å². The van der Waals surface area contributed by atoms with Crippen molar-refractivity contribution in [1.29, 1.82) is 0 Å². The first-order valence-electron chi connectivity index (χ1n) is 5.89. The van der Waals surface area contributed by atoms with Crippen molar-refractivity contribution >= 4 is 27.2 Å². The zero-order chi connectivity index (χ0) is 16.4. The van der Waals surface area contributed by atoms with Crippen LogP contribution in [-0.2, 0) is 22.7 Å². The summed E-state index contributed by atoms with van der Waals surface area (Å²) in [5.41, 5.74) is -1.07. The first-order valence-corrected chi connectivity index (χ1v) is 8.19. The fourth-order valence-electron chi connectivity index (χ4n) is 1.45. The van der Waals surface area contributed by atoms with Gasteiger partial charge in [-0.3, -0.25) is 0 Å². The summed E-state index contributed by atoms with van der Waals surface area (Å²) in [4.78, 5) is 0.690. The second-order valence-electron chi connectivity index (χ2n) is 4.08. The van der Waals surface area contributed by atoms with Crippen molar-refractivity contribution in [3.8, 4) is 0 Å². The van der Waals surface area contributed by atoms with Crippen LogP contribution in [0.2, 0.25) is 0 Å². The molecule has 0 amide bonds. The Balaban J connectivity index is 2.02. The van der Waals surface area contributed by atoms with Gasteiger partial charge in [-0.2, -0.15) is 13.2 Å². The molecule has 0 bridgehead atoms. The van der Waals surface area contributed by atoms with Gasteiger partial charge in [0, 0.05) is 4.88 Å². The monoisotopic (exact) mass is 352 g/mol. The molecule has 0 aliphatic carbocycles. The molecule has 0 aliphatic rings. The van der Waals surface area contributed by atoms with Crippen LogP contribution in [0.25, 0.3) is 0 Å². The molecule has 0 fully saturated rings. The van der Waals surface area contributed by atoms with E-state index in [1.165, 1.54) is 13.1 Å². The average molecular weight is 352 g/mol. The number of halogens is 3. The Morgan fingerprint density at radius 3 is 2.45 bits per heavy atom. The maximum atomic E-state index is 12.3. The quantitative estimate of drug-likeness (QED) is 0.861. The average Bonchev–Trinajstić information content (AvgIpc) is 2.94. The molecule has 0 spiro atoms. The number of aromatic nitrogens is 2. The van der Waals surface area contributed by atoms with E-state index in [1.54, 1.807) is 6.07 Å². The summed E-state index contributed by atoms with van der Waals surface area (Å²) in [6.45, 7) is 0.226. The molecule has 22 heavy (non-hydrogen) atoms. The molecule has 0 aliphatic heterocycles. The molecule has 2 aromatic heterocycles. The Bertz CT molecular complexity index is 741. The number of sulfonamides is 1. The van der Waals surface area contributed by atoms with Gasteiger partial charge in [0.2, 0.25) is 10.0 Å². The summed E-state index contributed by atoms with van der Waals surface area (Å²) in [6, 6.07) is 5.04. The van der Waals surface area contributed by atoms with Crippen molar-refractivity contribution in [2.24, 2.45) is 0 Å². The van der Waals surface area contributed by atoms with Crippen LogP contribution in [0.3, 0.4) is 0 Å². The SMILES string of the molecule is CNS(=O)(=O)c1ccc(CNc2ccc(C(F)(F)F)nn2)s1. The number of rotatable bonds is 5. The maximum absolute atomic E-state index is 12.3. The molecule has 0 saturated carbocycles. The van der Waals surface area contributed by atoms with E-state index < -0.39 is 21.9 Å². The van der Waals surface area contributed by atoms with E-state index in [4.69, 9.17) is 0 Å². The van der Waals surface area contributed by atoms with Crippen molar-refractivity contribution in [1.82, 2.24) is 14.9 Å². The summed E-state index contributed by atoms with van der Waals surface area (Å²) in [6.07, 6.45) is -4.53. The fourth-order valence-corrected chi connectivity index (χ4v) is 3.59. The third kappa shape index (κ3) is 3.93. The van der Waals surface area contributed by atoms with E-state index in [0.29, 0.717) is 4.88 Å². The van der Waals surface area contributed by atoms with Crippen LogP contribution in [0, 0.1) is 0 Å². The summed E-state index contributed by atoms with van der Waals surface area (Å²) < 4.78 is 62.5. The van der Waals surface area contributed by atoms with Gasteiger partial charge < -0.3 is 5.32 Å². The largest absolute Gasteiger partial charge is 0.435 e. The van der Waals surface area contributed by atoms with Gasteiger partial charge in [0.25, 0.3) is 0 Å². The highest BCUT2D eigenvalue weighted by Crippen LogP contribution is 2.27. The van der Waals surface area contributed by atoms with Crippen LogP contribution in [0.5, 0.6) is 0 Å². The van der Waals surface area contributed by atoms with Crippen LogP contribution in [0.4, 0.5) is 19.0 Å². The molecule has 0 atom stereocenters. The molecule has 120 valence electrons. The number of alkyl halides is 3. The van der Waals surface area contributed by atoms with Crippen LogP contribution >= 0.6 is 11.3 Å². The first kappa shape index (κ1) is 16.6. The van der Waals surface area contributed by atoms with Crippen LogP contribution in [-0.4, -0.2) is 25.7 Å². The summed E-state index contributed by atoms with van der Waals surface area (Å²) in [5.74, 6) is 0.166. The summed E-state index contributed by atoms with van der Waals surface area (Å²) >= 11 is 1.05. The van der Waals surface area contributed by atoms with Gasteiger partial charge in [-0.05, 0) is 31.3 Å². The third-order valence-electron chi connectivity index (χ3n) is 2.57. The molecule has 2 aromatic rings. The first-order chi connectivity index (χ1) is 10.2. The molecule has 11 heteroatoms. The Morgan fingerprint density at radius 1 is 1.18 bits per heavy atom. The molecule has 6 nitrogen and oxygen atoms in total. The zero-order valence-electron chi connectivity index (χ0n) is 11.2. The van der Waals surface area contributed by atoms with E-state index >= 15 is 0 Å². The molecule has 0 unspecified atom stereocenters. The van der Waals surface area contributed by atoms with Gasteiger partial charge in [-0.15, -0.1) is 21.5 Å². The number of nitrogens with zero attached hydrogens (tertiary/aromatic N) is 2. The zero-order valence-corrected chi connectivity index (χ0v) is 12.8. The molecular weight excluding hydrogens is 341 g/mol. The van der Waals surface area contributed by atoms with Crippen molar-refractivity contribution in [2.75, 3.05) is 12.4 Å². The van der Waals surface area contributed by atoms with Crippen molar-refractivity contribution in [3.63, 3.8) is 0 Å². The highest BCUT2D eigenvalue weighted by molar-refractivity contribution is 7.91. The second-order valence-corrected chi connectivity index (χ2v) is 7.37. The molecule has 2 N–H and O–H groups in total. The Labute approximate surface area is 128 Å². The van der Waals surface area contributed by atoms with Gasteiger partial charge in [0.15, 0.2) is 5.69 Å². The minimum Gasteiger partial charge on any atom is -0.364 e. The third-order valence-corrected chi connectivity index (χ3v) is 5.56. The van der Waals surface area contributed by atoms with E-state index in [1.807, 2.05) is 0 Å². The molecule has 2 heterocycles. The smallest absolute Gasteiger partial charge is 0.364 e. The Morgan fingerprint density at radius 2 is 1.91 bits per heavy atom. The van der Waals surface area contributed by atoms with Crippen molar-refractivity contribution < 1.29 is 21.6 Å². The lowest BCUT2D eigenvalue weighted by molar-refractivity contribution is -0.141. The second kappa shape index (κ2) is 6.18. The molecule has 0 aromatic carbocycles. The minimum absolute atomic E-state index is 0.158. The van der Waals surface area contributed by atoms with Crippen molar-refractivity contribution in [2.45, 2.75) is 16.9 Å². The van der Waals surface area contributed by atoms with Gasteiger partial charge >= 0.3 is 6.18 Å². The van der Waals surface area contributed by atoms with Gasteiger partial charge in [0.1, 0.15) is 10.0 Å². The normalized spacial score (nSPS) is 12.4. The summed E-state index contributed by atoms with van der Waals surface area (Å²) in [7, 11) is -2.18. The Hall–Kier alpha value is -1.72. The number of anilines is 1. The fraction of sp³-hybridized carbons (Fsp3) is 0.273. The Kier molecular flexibility index (Phi) is 4.68. The highest BCUT2D eigenvalue weighted by atomic mass is 32.2. The number of thiophene rings is 1. The molecule has 0 radical (unpaired) electrons. The van der Waals surface area contributed by atoms with E-state index in [9.17, 15) is 21.6 Å². The van der Waals surface area contributed by atoms with Crippen LogP contribution in [0.1, 0.15) is 10.6 Å². The summed E-state index contributed by atoms with van der Waals surface area (Å²) in [5, 5.41) is 9.28. The molecular formula is C11H11F3N4O2S2. The standard InChI is InChI=1S/C11H11F3N4O2S2/c1-15-22(19,20)10-5-2-7(21-10)6-16-9-4-3-8(17-18-9)11(12,13)14/h2-5,15H,6H2,1H3,(H,16,18). The number of nitrogens with one attached hydrogen (secondary N) is 2. The highest BCUT2D eigenvalue weighted by Gasteiger charge is 2.32. The van der Waals surface area contributed by atoms with Crippen molar-refractivity contribution in [3.05, 3.63) is 34.8 Å².